The molecule has 30 heavy (non-hydrogen) atoms. The van der Waals surface area contributed by atoms with Gasteiger partial charge in [0.15, 0.2) is 0 Å². The maximum absolute atomic E-state index is 13.5. The Labute approximate surface area is 179 Å². The van der Waals surface area contributed by atoms with Crippen LogP contribution in [0.25, 0.3) is 0 Å². The molecule has 4 rings (SSSR count). The summed E-state index contributed by atoms with van der Waals surface area (Å²) >= 11 is 1.55. The van der Waals surface area contributed by atoms with Gasteiger partial charge >= 0.3 is 0 Å². The van der Waals surface area contributed by atoms with Gasteiger partial charge in [0.2, 0.25) is 5.91 Å². The molecular formula is C23H23N3O3S. The molecule has 2 atom stereocenters. The van der Waals surface area contributed by atoms with Crippen LogP contribution in [0.4, 0.5) is 0 Å². The Morgan fingerprint density at radius 2 is 2.07 bits per heavy atom. The first-order chi connectivity index (χ1) is 14.7. The minimum absolute atomic E-state index is 0.0719. The van der Waals surface area contributed by atoms with E-state index in [1.54, 1.807) is 41.8 Å². The molecule has 0 radical (unpaired) electrons. The number of fused-ring (bicyclic) bond motifs is 1. The van der Waals surface area contributed by atoms with Crippen LogP contribution in [0.5, 0.6) is 0 Å². The van der Waals surface area contributed by atoms with E-state index in [2.05, 4.69) is 10.3 Å². The Hall–Kier alpha value is -3.03. The molecule has 1 aliphatic rings. The molecule has 0 saturated carbocycles. The lowest BCUT2D eigenvalue weighted by Gasteiger charge is -2.41. The summed E-state index contributed by atoms with van der Waals surface area (Å²) in [6.45, 7) is 1.20. The van der Waals surface area contributed by atoms with Gasteiger partial charge in [0.1, 0.15) is 0 Å². The smallest absolute Gasteiger partial charge is 0.254 e. The first-order valence-electron chi connectivity index (χ1n) is 9.79. The SMILES string of the molecule is COCCN1C(=O)c2ccccc2[C@H](C(=O)NCc2cccnc2)[C@H]1c1cccs1. The highest BCUT2D eigenvalue weighted by molar-refractivity contribution is 7.10. The van der Waals surface area contributed by atoms with Crippen molar-refractivity contribution in [3.63, 3.8) is 0 Å². The quantitative estimate of drug-likeness (QED) is 0.635. The largest absolute Gasteiger partial charge is 0.383 e. The third kappa shape index (κ3) is 3.99. The van der Waals surface area contributed by atoms with E-state index in [1.807, 2.05) is 47.8 Å². The summed E-state index contributed by atoms with van der Waals surface area (Å²) in [7, 11) is 1.61. The molecule has 1 aromatic carbocycles. The first kappa shape index (κ1) is 20.3. The zero-order valence-electron chi connectivity index (χ0n) is 16.7. The fourth-order valence-electron chi connectivity index (χ4n) is 3.89. The van der Waals surface area contributed by atoms with E-state index in [-0.39, 0.29) is 17.9 Å². The van der Waals surface area contributed by atoms with Crippen LogP contribution in [0.3, 0.4) is 0 Å². The van der Waals surface area contributed by atoms with Gasteiger partial charge in [-0.15, -0.1) is 11.3 Å². The molecule has 0 bridgehead atoms. The Bertz CT molecular complexity index is 1010. The number of hydrogen-bond donors (Lipinski definition) is 1. The molecule has 6 nitrogen and oxygen atoms in total. The Morgan fingerprint density at radius 3 is 2.80 bits per heavy atom. The second-order valence-corrected chi connectivity index (χ2v) is 8.07. The van der Waals surface area contributed by atoms with Crippen LogP contribution in [0, 0.1) is 0 Å². The maximum atomic E-state index is 13.5. The zero-order valence-corrected chi connectivity index (χ0v) is 17.5. The van der Waals surface area contributed by atoms with Crippen LogP contribution < -0.4 is 5.32 Å². The van der Waals surface area contributed by atoms with Crippen molar-refractivity contribution in [2.24, 2.45) is 0 Å². The van der Waals surface area contributed by atoms with Crippen molar-refractivity contribution < 1.29 is 14.3 Å². The predicted octanol–water partition coefficient (Wildman–Crippen LogP) is 3.39. The van der Waals surface area contributed by atoms with Gasteiger partial charge in [-0.3, -0.25) is 14.6 Å². The van der Waals surface area contributed by atoms with Crippen LogP contribution in [0.15, 0.2) is 66.3 Å². The number of rotatable bonds is 7. The second kappa shape index (κ2) is 9.19. The van der Waals surface area contributed by atoms with Gasteiger partial charge in [-0.2, -0.15) is 0 Å². The number of carbonyl (C=O) groups excluding carboxylic acids is 2. The molecule has 0 aliphatic carbocycles. The third-order valence-electron chi connectivity index (χ3n) is 5.28. The molecular weight excluding hydrogens is 398 g/mol. The molecule has 2 aromatic heterocycles. The maximum Gasteiger partial charge on any atom is 0.254 e. The molecule has 2 amide bonds. The lowest BCUT2D eigenvalue weighted by atomic mass is 9.81. The average Bonchev–Trinajstić information content (AvgIpc) is 3.32. The van der Waals surface area contributed by atoms with Crippen molar-refractivity contribution in [3.8, 4) is 0 Å². The molecule has 1 aliphatic heterocycles. The van der Waals surface area contributed by atoms with Gasteiger partial charge in [-0.25, -0.2) is 0 Å². The standard InChI is InChI=1S/C23H23N3O3S/c1-29-12-11-26-21(19-9-5-13-30-19)20(17-7-2-3-8-18(17)23(26)28)22(27)25-15-16-6-4-10-24-14-16/h2-10,13-14,20-21H,11-12,15H2,1H3,(H,25,27)/t20-,21+/m0/s1. The minimum Gasteiger partial charge on any atom is -0.383 e. The summed E-state index contributed by atoms with van der Waals surface area (Å²) in [5.41, 5.74) is 2.26. The average molecular weight is 422 g/mol. The number of ether oxygens (including phenoxy) is 1. The minimum atomic E-state index is -0.508. The fraction of sp³-hybridized carbons (Fsp3) is 0.261. The van der Waals surface area contributed by atoms with Crippen LogP contribution in [-0.4, -0.2) is 42.0 Å². The summed E-state index contributed by atoms with van der Waals surface area (Å²) in [6.07, 6.45) is 3.44. The highest BCUT2D eigenvalue weighted by Crippen LogP contribution is 2.44. The number of amides is 2. The summed E-state index contributed by atoms with van der Waals surface area (Å²) in [4.78, 5) is 33.6. The lowest BCUT2D eigenvalue weighted by Crippen LogP contribution is -2.48. The van der Waals surface area contributed by atoms with Gasteiger partial charge in [-0.1, -0.05) is 30.3 Å². The van der Waals surface area contributed by atoms with Gasteiger partial charge in [0.05, 0.1) is 18.6 Å². The van der Waals surface area contributed by atoms with Crippen molar-refractivity contribution >= 4 is 23.2 Å². The number of carbonyl (C=O) groups is 2. The van der Waals surface area contributed by atoms with Crippen molar-refractivity contribution in [3.05, 3.63) is 87.9 Å². The molecule has 3 aromatic rings. The van der Waals surface area contributed by atoms with E-state index in [1.165, 1.54) is 0 Å². The molecule has 0 spiro atoms. The van der Waals surface area contributed by atoms with Gasteiger partial charge < -0.3 is 15.0 Å². The van der Waals surface area contributed by atoms with Crippen LogP contribution in [0.2, 0.25) is 0 Å². The number of nitrogens with zero attached hydrogens (tertiary/aromatic N) is 2. The number of thiophene rings is 1. The molecule has 1 N–H and O–H groups in total. The highest BCUT2D eigenvalue weighted by Gasteiger charge is 2.44. The van der Waals surface area contributed by atoms with Crippen molar-refractivity contribution in [1.29, 1.82) is 0 Å². The summed E-state index contributed by atoms with van der Waals surface area (Å²) in [6, 6.07) is 14.7. The molecule has 3 heterocycles. The number of aromatic nitrogens is 1. The number of pyridine rings is 1. The van der Waals surface area contributed by atoms with Crippen molar-refractivity contribution in [1.82, 2.24) is 15.2 Å². The van der Waals surface area contributed by atoms with E-state index in [4.69, 9.17) is 4.74 Å². The molecule has 7 heteroatoms. The molecule has 0 fully saturated rings. The number of methoxy groups -OCH3 is 1. The zero-order chi connectivity index (χ0) is 20.9. The van der Waals surface area contributed by atoms with Crippen molar-refractivity contribution in [2.75, 3.05) is 20.3 Å². The Morgan fingerprint density at radius 1 is 1.20 bits per heavy atom. The van der Waals surface area contributed by atoms with Gasteiger partial charge in [-0.05, 0) is 34.7 Å². The molecule has 154 valence electrons. The molecule has 0 unspecified atom stereocenters. The van der Waals surface area contributed by atoms with E-state index < -0.39 is 5.92 Å². The summed E-state index contributed by atoms with van der Waals surface area (Å²) in [5.74, 6) is -0.692. The summed E-state index contributed by atoms with van der Waals surface area (Å²) < 4.78 is 5.25. The third-order valence-corrected chi connectivity index (χ3v) is 6.22. The fourth-order valence-corrected chi connectivity index (χ4v) is 4.76. The lowest BCUT2D eigenvalue weighted by molar-refractivity contribution is -0.124. The highest BCUT2D eigenvalue weighted by atomic mass is 32.1. The van der Waals surface area contributed by atoms with Gasteiger partial charge in [0, 0.05) is 43.0 Å². The van der Waals surface area contributed by atoms with Crippen LogP contribution >= 0.6 is 11.3 Å². The van der Waals surface area contributed by atoms with E-state index in [0.29, 0.717) is 25.3 Å². The van der Waals surface area contributed by atoms with Crippen LogP contribution in [-0.2, 0) is 16.1 Å². The van der Waals surface area contributed by atoms with E-state index in [0.717, 1.165) is 16.0 Å². The van der Waals surface area contributed by atoms with E-state index in [9.17, 15) is 9.59 Å². The van der Waals surface area contributed by atoms with E-state index >= 15 is 0 Å². The topological polar surface area (TPSA) is 71.5 Å². The Balaban J connectivity index is 1.72. The Kier molecular flexibility index (Phi) is 6.21. The normalized spacial score (nSPS) is 18.2. The first-order valence-corrected chi connectivity index (χ1v) is 10.7. The van der Waals surface area contributed by atoms with Gasteiger partial charge in [0.25, 0.3) is 5.91 Å². The second-order valence-electron chi connectivity index (χ2n) is 7.10. The van der Waals surface area contributed by atoms with Crippen LogP contribution in [0.1, 0.15) is 38.3 Å². The summed E-state index contributed by atoms with van der Waals surface area (Å²) in [5, 5.41) is 5.02. The number of benzene rings is 1. The monoisotopic (exact) mass is 421 g/mol. The predicted molar refractivity (Wildman–Crippen MR) is 115 cm³/mol. The number of nitrogens with one attached hydrogen (secondary N) is 1. The molecule has 0 saturated heterocycles. The van der Waals surface area contributed by atoms with Crippen molar-refractivity contribution in [2.45, 2.75) is 18.5 Å². The number of hydrogen-bond acceptors (Lipinski definition) is 5.